The minimum absolute atomic E-state index is 0.354. The lowest BCUT2D eigenvalue weighted by Gasteiger charge is -2.22. The number of aromatic amines is 1. The van der Waals surface area contributed by atoms with Gasteiger partial charge in [-0.25, -0.2) is 9.78 Å². The molecule has 0 fully saturated rings. The molecule has 0 unspecified atom stereocenters. The molecular formula is C21H27N5O2. The van der Waals surface area contributed by atoms with Gasteiger partial charge in [0.05, 0.1) is 6.54 Å². The lowest BCUT2D eigenvalue weighted by atomic mass is 10.1. The molecule has 2 heterocycles. The molecule has 0 aliphatic carbocycles. The average molecular weight is 381 g/mol. The predicted molar refractivity (Wildman–Crippen MR) is 109 cm³/mol. The summed E-state index contributed by atoms with van der Waals surface area (Å²) in [5.74, 6) is 0.895. The molecule has 7 heteroatoms. The van der Waals surface area contributed by atoms with E-state index >= 15 is 0 Å². The van der Waals surface area contributed by atoms with Gasteiger partial charge in [-0.1, -0.05) is 30.3 Å². The number of imidazole rings is 1. The smallest absolute Gasteiger partial charge is 0.328 e. The molecule has 0 saturated heterocycles. The summed E-state index contributed by atoms with van der Waals surface area (Å²) in [5, 5.41) is 3.26. The van der Waals surface area contributed by atoms with E-state index in [4.69, 9.17) is 0 Å². The first-order chi connectivity index (χ1) is 13.3. The van der Waals surface area contributed by atoms with E-state index in [9.17, 15) is 9.59 Å². The van der Waals surface area contributed by atoms with Crippen molar-refractivity contribution in [3.8, 4) is 0 Å². The molecule has 148 valence electrons. The van der Waals surface area contributed by atoms with Crippen LogP contribution in [0.2, 0.25) is 0 Å². The van der Waals surface area contributed by atoms with Crippen LogP contribution in [0.15, 0.2) is 52.3 Å². The summed E-state index contributed by atoms with van der Waals surface area (Å²) in [5.41, 5.74) is 1.73. The SMILES string of the molecule is Cn1c(Cc2ccccc2)cnc1CNCc1cn(C(C)(C)C)c(=O)[nH]c1=O. The third kappa shape index (κ3) is 4.48. The highest BCUT2D eigenvalue weighted by Crippen LogP contribution is 2.11. The summed E-state index contributed by atoms with van der Waals surface area (Å²) < 4.78 is 3.62. The summed E-state index contributed by atoms with van der Waals surface area (Å²) in [6, 6.07) is 10.3. The maximum absolute atomic E-state index is 12.1. The minimum atomic E-state index is -0.401. The highest BCUT2D eigenvalue weighted by molar-refractivity contribution is 5.21. The Bertz CT molecular complexity index is 1050. The van der Waals surface area contributed by atoms with Gasteiger partial charge in [0.25, 0.3) is 5.56 Å². The Morgan fingerprint density at radius 1 is 1.11 bits per heavy atom. The van der Waals surface area contributed by atoms with E-state index in [0.717, 1.165) is 17.9 Å². The van der Waals surface area contributed by atoms with E-state index in [0.29, 0.717) is 18.7 Å². The zero-order chi connectivity index (χ0) is 20.3. The van der Waals surface area contributed by atoms with Crippen LogP contribution in [0.3, 0.4) is 0 Å². The Kier molecular flexibility index (Phi) is 5.65. The summed E-state index contributed by atoms with van der Waals surface area (Å²) in [6.45, 7) is 6.65. The van der Waals surface area contributed by atoms with Crippen molar-refractivity contribution in [2.75, 3.05) is 0 Å². The largest absolute Gasteiger partial charge is 0.334 e. The lowest BCUT2D eigenvalue weighted by molar-refractivity contribution is 0.374. The van der Waals surface area contributed by atoms with Gasteiger partial charge in [0, 0.05) is 49.2 Å². The predicted octanol–water partition coefficient (Wildman–Crippen LogP) is 1.91. The second-order valence-corrected chi connectivity index (χ2v) is 7.95. The van der Waals surface area contributed by atoms with Crippen molar-refractivity contribution in [1.82, 2.24) is 24.4 Å². The molecular weight excluding hydrogens is 354 g/mol. The summed E-state index contributed by atoms with van der Waals surface area (Å²) in [6.07, 6.45) is 4.34. The Morgan fingerprint density at radius 2 is 1.82 bits per heavy atom. The van der Waals surface area contributed by atoms with Crippen LogP contribution in [0.5, 0.6) is 0 Å². The molecule has 1 aromatic carbocycles. The summed E-state index contributed by atoms with van der Waals surface area (Å²) in [7, 11) is 1.99. The fourth-order valence-electron chi connectivity index (χ4n) is 3.07. The molecule has 0 aliphatic heterocycles. The quantitative estimate of drug-likeness (QED) is 0.683. The van der Waals surface area contributed by atoms with Crippen molar-refractivity contribution < 1.29 is 0 Å². The molecule has 0 aliphatic rings. The third-order valence-electron chi connectivity index (χ3n) is 4.75. The first-order valence-electron chi connectivity index (χ1n) is 9.35. The molecule has 0 amide bonds. The van der Waals surface area contributed by atoms with Crippen molar-refractivity contribution >= 4 is 0 Å². The van der Waals surface area contributed by atoms with E-state index in [1.54, 1.807) is 10.8 Å². The number of hydrogen-bond donors (Lipinski definition) is 2. The van der Waals surface area contributed by atoms with Crippen LogP contribution in [0.25, 0.3) is 0 Å². The number of rotatable bonds is 6. The molecule has 0 atom stereocenters. The van der Waals surface area contributed by atoms with Gasteiger partial charge in [-0.05, 0) is 26.3 Å². The van der Waals surface area contributed by atoms with Gasteiger partial charge in [-0.15, -0.1) is 0 Å². The number of nitrogens with one attached hydrogen (secondary N) is 2. The number of benzene rings is 1. The molecule has 0 saturated carbocycles. The van der Waals surface area contributed by atoms with Gasteiger partial charge in [-0.3, -0.25) is 14.3 Å². The Hall–Kier alpha value is -2.93. The molecule has 3 aromatic rings. The summed E-state index contributed by atoms with van der Waals surface area (Å²) in [4.78, 5) is 31.0. The van der Waals surface area contributed by atoms with E-state index in [-0.39, 0.29) is 5.56 Å². The normalized spacial score (nSPS) is 11.7. The van der Waals surface area contributed by atoms with E-state index in [2.05, 4.69) is 32.0 Å². The minimum Gasteiger partial charge on any atom is -0.334 e. The van der Waals surface area contributed by atoms with Gasteiger partial charge in [0.15, 0.2) is 0 Å². The van der Waals surface area contributed by atoms with E-state index < -0.39 is 11.2 Å². The zero-order valence-electron chi connectivity index (χ0n) is 16.8. The van der Waals surface area contributed by atoms with Crippen molar-refractivity contribution in [3.05, 3.63) is 86.2 Å². The van der Waals surface area contributed by atoms with Gasteiger partial charge in [0.1, 0.15) is 5.82 Å². The van der Waals surface area contributed by atoms with Crippen LogP contribution in [-0.2, 0) is 32.1 Å². The number of aromatic nitrogens is 4. The topological polar surface area (TPSA) is 84.7 Å². The van der Waals surface area contributed by atoms with Crippen LogP contribution in [-0.4, -0.2) is 19.1 Å². The van der Waals surface area contributed by atoms with Gasteiger partial charge < -0.3 is 9.88 Å². The number of hydrogen-bond acceptors (Lipinski definition) is 4. The average Bonchev–Trinajstić information content (AvgIpc) is 2.97. The molecule has 28 heavy (non-hydrogen) atoms. The van der Waals surface area contributed by atoms with E-state index in [1.807, 2.05) is 52.2 Å². The van der Waals surface area contributed by atoms with Crippen LogP contribution in [0.4, 0.5) is 0 Å². The third-order valence-corrected chi connectivity index (χ3v) is 4.75. The van der Waals surface area contributed by atoms with Crippen LogP contribution in [0.1, 0.15) is 43.4 Å². The molecule has 3 rings (SSSR count). The van der Waals surface area contributed by atoms with Crippen LogP contribution < -0.4 is 16.6 Å². The fourth-order valence-corrected chi connectivity index (χ4v) is 3.07. The van der Waals surface area contributed by atoms with Crippen molar-refractivity contribution in [2.45, 2.75) is 45.8 Å². The number of H-pyrrole nitrogens is 1. The maximum Gasteiger partial charge on any atom is 0.328 e. The Balaban J connectivity index is 1.68. The second kappa shape index (κ2) is 7.98. The monoisotopic (exact) mass is 381 g/mol. The fraction of sp³-hybridized carbons (Fsp3) is 0.381. The molecule has 2 N–H and O–H groups in total. The zero-order valence-corrected chi connectivity index (χ0v) is 16.8. The van der Waals surface area contributed by atoms with Crippen LogP contribution >= 0.6 is 0 Å². The standard InChI is InChI=1S/C21H27N5O2/c1-21(2,3)26-14-16(19(27)24-20(26)28)11-22-13-18-23-12-17(25(18)4)10-15-8-6-5-7-9-15/h5-9,12,14,22H,10-11,13H2,1-4H3,(H,24,27,28). The lowest BCUT2D eigenvalue weighted by Crippen LogP contribution is -2.40. The Labute approximate surface area is 164 Å². The van der Waals surface area contributed by atoms with Crippen molar-refractivity contribution in [2.24, 2.45) is 7.05 Å². The van der Waals surface area contributed by atoms with Gasteiger partial charge >= 0.3 is 5.69 Å². The Morgan fingerprint density at radius 3 is 2.50 bits per heavy atom. The first kappa shape index (κ1) is 19.8. The number of nitrogens with zero attached hydrogens (tertiary/aromatic N) is 3. The second-order valence-electron chi connectivity index (χ2n) is 7.95. The molecule has 7 nitrogen and oxygen atoms in total. The van der Waals surface area contributed by atoms with Gasteiger partial charge in [0.2, 0.25) is 0 Å². The first-order valence-corrected chi connectivity index (χ1v) is 9.35. The van der Waals surface area contributed by atoms with E-state index in [1.165, 1.54) is 5.56 Å². The van der Waals surface area contributed by atoms with Crippen LogP contribution in [0, 0.1) is 0 Å². The molecule has 0 spiro atoms. The summed E-state index contributed by atoms with van der Waals surface area (Å²) >= 11 is 0. The highest BCUT2D eigenvalue weighted by Gasteiger charge is 2.16. The molecule has 2 aromatic heterocycles. The van der Waals surface area contributed by atoms with Gasteiger partial charge in [-0.2, -0.15) is 0 Å². The van der Waals surface area contributed by atoms with Crippen molar-refractivity contribution in [3.63, 3.8) is 0 Å². The highest BCUT2D eigenvalue weighted by atomic mass is 16.2. The molecule has 0 radical (unpaired) electrons. The maximum atomic E-state index is 12.1. The molecule has 0 bridgehead atoms. The van der Waals surface area contributed by atoms with Crippen molar-refractivity contribution in [1.29, 1.82) is 0 Å².